The van der Waals surface area contributed by atoms with Gasteiger partial charge in [0, 0.05) is 59.8 Å². The Kier molecular flexibility index (Phi) is 10.9. The Balaban J connectivity index is 0.00000320. The quantitative estimate of drug-likeness (QED) is 0.321. The van der Waals surface area contributed by atoms with Crippen LogP contribution in [-0.4, -0.2) is 92.5 Å². The van der Waals surface area contributed by atoms with E-state index >= 15 is 0 Å². The predicted octanol–water partition coefficient (Wildman–Crippen LogP) is 1.77. The molecule has 1 amide bonds. The first-order chi connectivity index (χ1) is 14.2. The fraction of sp³-hybridized carbons (Fsp3) is 0.636. The largest absolute Gasteiger partial charge is 0.355 e. The number of hydrogen-bond acceptors (Lipinski definition) is 4. The van der Waals surface area contributed by atoms with Crippen LogP contribution in [0.4, 0.5) is 0 Å². The molecule has 30 heavy (non-hydrogen) atoms. The van der Waals surface area contributed by atoms with Gasteiger partial charge < -0.3 is 15.5 Å². The van der Waals surface area contributed by atoms with Gasteiger partial charge in [0.05, 0.1) is 6.04 Å². The Morgan fingerprint density at radius 2 is 1.70 bits per heavy atom. The number of piperazine rings is 1. The summed E-state index contributed by atoms with van der Waals surface area (Å²) in [6.45, 7) is 10.2. The minimum Gasteiger partial charge on any atom is -0.355 e. The van der Waals surface area contributed by atoms with Crippen molar-refractivity contribution in [2.45, 2.75) is 25.8 Å². The molecule has 0 radical (unpaired) electrons. The number of guanidine groups is 1. The molecule has 2 saturated heterocycles. The highest BCUT2D eigenvalue weighted by Crippen LogP contribution is 2.24. The zero-order valence-electron chi connectivity index (χ0n) is 18.3. The molecule has 0 bridgehead atoms. The molecule has 3 rings (SSSR count). The summed E-state index contributed by atoms with van der Waals surface area (Å²) in [6, 6.07) is 11.1. The Morgan fingerprint density at radius 1 is 1.03 bits per heavy atom. The zero-order chi connectivity index (χ0) is 20.5. The number of carbonyl (C=O) groups excluding carboxylic acids is 1. The molecule has 0 spiro atoms. The van der Waals surface area contributed by atoms with E-state index in [2.05, 4.69) is 55.8 Å². The summed E-state index contributed by atoms with van der Waals surface area (Å²) in [5, 5.41) is 6.98. The number of nitrogens with zero attached hydrogens (tertiary/aromatic N) is 4. The van der Waals surface area contributed by atoms with Crippen LogP contribution in [0, 0.1) is 0 Å². The molecule has 2 N–H and O–H groups in total. The first kappa shape index (κ1) is 24.9. The summed E-state index contributed by atoms with van der Waals surface area (Å²) < 4.78 is 0. The lowest BCUT2D eigenvalue weighted by Gasteiger charge is -2.34. The van der Waals surface area contributed by atoms with Gasteiger partial charge in [-0.15, -0.1) is 24.0 Å². The number of halogens is 1. The van der Waals surface area contributed by atoms with Crippen molar-refractivity contribution in [2.24, 2.45) is 4.99 Å². The molecule has 2 heterocycles. The standard InChI is InChI=1S/C22H36N6O.HI/c1-19(29)27-16-14-26(15-17-27)13-10-24-22(23-2)25-18-21(28-11-6-7-12-28)20-8-4-3-5-9-20;/h3-5,8-9,21H,6-7,10-18H2,1-2H3,(H2,23,24,25);1H. The molecule has 7 nitrogen and oxygen atoms in total. The van der Waals surface area contributed by atoms with E-state index in [1.807, 2.05) is 11.9 Å². The third-order valence-corrected chi connectivity index (χ3v) is 5.99. The SMILES string of the molecule is CN=C(NCCN1CCN(C(C)=O)CC1)NCC(c1ccccc1)N1CCCC1.I. The van der Waals surface area contributed by atoms with Gasteiger partial charge >= 0.3 is 0 Å². The number of amides is 1. The van der Waals surface area contributed by atoms with Crippen LogP contribution in [0.2, 0.25) is 0 Å². The molecule has 8 heteroatoms. The minimum atomic E-state index is 0. The Hall–Kier alpha value is -1.39. The monoisotopic (exact) mass is 528 g/mol. The van der Waals surface area contributed by atoms with Crippen molar-refractivity contribution < 1.29 is 4.79 Å². The van der Waals surface area contributed by atoms with Crippen molar-refractivity contribution in [1.82, 2.24) is 25.3 Å². The molecule has 0 aliphatic carbocycles. The summed E-state index contributed by atoms with van der Waals surface area (Å²) in [5.41, 5.74) is 1.36. The second-order valence-corrected chi connectivity index (χ2v) is 7.90. The molecule has 1 atom stereocenters. The van der Waals surface area contributed by atoms with Gasteiger partial charge in [-0.25, -0.2) is 0 Å². The van der Waals surface area contributed by atoms with Crippen LogP contribution in [0.3, 0.4) is 0 Å². The van der Waals surface area contributed by atoms with Gasteiger partial charge in [0.15, 0.2) is 5.96 Å². The summed E-state index contributed by atoms with van der Waals surface area (Å²) >= 11 is 0. The van der Waals surface area contributed by atoms with Crippen LogP contribution in [0.1, 0.15) is 31.4 Å². The Labute approximate surface area is 198 Å². The predicted molar refractivity (Wildman–Crippen MR) is 133 cm³/mol. The maximum Gasteiger partial charge on any atom is 0.219 e. The van der Waals surface area contributed by atoms with E-state index < -0.39 is 0 Å². The second kappa shape index (κ2) is 13.1. The van der Waals surface area contributed by atoms with Crippen molar-refractivity contribution >= 4 is 35.8 Å². The molecule has 0 saturated carbocycles. The van der Waals surface area contributed by atoms with Crippen LogP contribution in [0.5, 0.6) is 0 Å². The average Bonchev–Trinajstić information content (AvgIpc) is 3.28. The number of carbonyl (C=O) groups is 1. The van der Waals surface area contributed by atoms with E-state index in [0.29, 0.717) is 6.04 Å². The molecule has 2 fully saturated rings. The highest BCUT2D eigenvalue weighted by Gasteiger charge is 2.23. The Morgan fingerprint density at radius 3 is 2.30 bits per heavy atom. The summed E-state index contributed by atoms with van der Waals surface area (Å²) in [6.07, 6.45) is 2.57. The zero-order valence-corrected chi connectivity index (χ0v) is 20.7. The van der Waals surface area contributed by atoms with Crippen molar-refractivity contribution in [3.05, 3.63) is 35.9 Å². The average molecular weight is 528 g/mol. The molecule has 1 aromatic rings. The van der Waals surface area contributed by atoms with Gasteiger partial charge in [0.1, 0.15) is 0 Å². The lowest BCUT2D eigenvalue weighted by atomic mass is 10.1. The summed E-state index contributed by atoms with van der Waals surface area (Å²) in [7, 11) is 1.83. The molecule has 1 unspecified atom stereocenters. The number of benzene rings is 1. The smallest absolute Gasteiger partial charge is 0.219 e. The normalized spacial score (nSPS) is 19.3. The van der Waals surface area contributed by atoms with E-state index in [1.54, 1.807) is 6.92 Å². The highest BCUT2D eigenvalue weighted by molar-refractivity contribution is 14.0. The van der Waals surface area contributed by atoms with E-state index in [4.69, 9.17) is 0 Å². The Bertz CT molecular complexity index is 657. The third kappa shape index (κ3) is 7.39. The maximum atomic E-state index is 11.4. The van der Waals surface area contributed by atoms with Gasteiger partial charge in [-0.05, 0) is 31.5 Å². The van der Waals surface area contributed by atoms with Crippen LogP contribution < -0.4 is 10.6 Å². The summed E-state index contributed by atoms with van der Waals surface area (Å²) in [4.78, 5) is 22.7. The molecule has 2 aliphatic rings. The first-order valence-corrected chi connectivity index (χ1v) is 10.9. The van der Waals surface area contributed by atoms with E-state index in [-0.39, 0.29) is 29.9 Å². The molecule has 2 aliphatic heterocycles. The number of aliphatic imine (C=N–C) groups is 1. The van der Waals surface area contributed by atoms with Crippen molar-refractivity contribution in [1.29, 1.82) is 0 Å². The van der Waals surface area contributed by atoms with Crippen molar-refractivity contribution in [3.63, 3.8) is 0 Å². The van der Waals surface area contributed by atoms with Crippen LogP contribution in [0.15, 0.2) is 35.3 Å². The van der Waals surface area contributed by atoms with Gasteiger partial charge in [-0.3, -0.25) is 19.6 Å². The highest BCUT2D eigenvalue weighted by atomic mass is 127. The molecule has 1 aromatic carbocycles. The summed E-state index contributed by atoms with van der Waals surface area (Å²) in [5.74, 6) is 1.03. The maximum absolute atomic E-state index is 11.4. The van der Waals surface area contributed by atoms with Crippen molar-refractivity contribution in [2.75, 3.05) is 66.0 Å². The molecule has 168 valence electrons. The lowest BCUT2D eigenvalue weighted by Crippen LogP contribution is -2.50. The van der Waals surface area contributed by atoms with Gasteiger partial charge in [0.25, 0.3) is 0 Å². The van der Waals surface area contributed by atoms with Crippen LogP contribution in [0.25, 0.3) is 0 Å². The lowest BCUT2D eigenvalue weighted by molar-refractivity contribution is -0.130. The van der Waals surface area contributed by atoms with E-state index in [9.17, 15) is 4.79 Å². The molecular formula is C22H37IN6O. The first-order valence-electron chi connectivity index (χ1n) is 10.9. The van der Waals surface area contributed by atoms with Crippen molar-refractivity contribution in [3.8, 4) is 0 Å². The van der Waals surface area contributed by atoms with Gasteiger partial charge in [0.2, 0.25) is 5.91 Å². The van der Waals surface area contributed by atoms with Crippen LogP contribution in [-0.2, 0) is 4.79 Å². The third-order valence-electron chi connectivity index (χ3n) is 5.99. The van der Waals surface area contributed by atoms with Crippen LogP contribution >= 0.6 is 24.0 Å². The van der Waals surface area contributed by atoms with Gasteiger partial charge in [-0.1, -0.05) is 30.3 Å². The number of hydrogen-bond donors (Lipinski definition) is 2. The fourth-order valence-corrected chi connectivity index (χ4v) is 4.22. The number of rotatable bonds is 7. The van der Waals surface area contributed by atoms with E-state index in [0.717, 1.165) is 51.8 Å². The minimum absolute atomic E-state index is 0. The van der Waals surface area contributed by atoms with Gasteiger partial charge in [-0.2, -0.15) is 0 Å². The number of likely N-dealkylation sites (tertiary alicyclic amines) is 1. The molecular weight excluding hydrogens is 491 g/mol. The van der Waals surface area contributed by atoms with E-state index in [1.165, 1.54) is 31.5 Å². The number of nitrogens with one attached hydrogen (secondary N) is 2. The second-order valence-electron chi connectivity index (χ2n) is 7.90. The molecule has 0 aromatic heterocycles. The topological polar surface area (TPSA) is 63.2 Å². The fourth-order valence-electron chi connectivity index (χ4n) is 4.22.